The Hall–Kier alpha value is -2.90. The van der Waals surface area contributed by atoms with Crippen LogP contribution < -0.4 is 5.32 Å². The minimum atomic E-state index is -0.467. The summed E-state index contributed by atoms with van der Waals surface area (Å²) in [5.41, 5.74) is 3.37. The van der Waals surface area contributed by atoms with E-state index in [-0.39, 0.29) is 24.5 Å². The molecule has 43 heavy (non-hydrogen) atoms. The van der Waals surface area contributed by atoms with Gasteiger partial charge in [0.25, 0.3) is 5.91 Å². The second-order valence-electron chi connectivity index (χ2n) is 11.8. The maximum Gasteiger partial charge on any atom is 0.272 e. The summed E-state index contributed by atoms with van der Waals surface area (Å²) in [5, 5.41) is 8.97. The first-order valence-electron chi connectivity index (χ1n) is 14.7. The normalized spacial score (nSPS) is 17.7. The zero-order valence-electron chi connectivity index (χ0n) is 24.9. The average molecular weight is 626 g/mol. The van der Waals surface area contributed by atoms with E-state index < -0.39 is 5.54 Å². The maximum absolute atomic E-state index is 13.6. The van der Waals surface area contributed by atoms with Crippen LogP contribution in [-0.4, -0.2) is 71.9 Å². The summed E-state index contributed by atoms with van der Waals surface area (Å²) >= 11 is 13.1. The van der Waals surface area contributed by atoms with Crippen LogP contribution in [-0.2, 0) is 20.8 Å². The van der Waals surface area contributed by atoms with Crippen molar-refractivity contribution in [2.45, 2.75) is 58.5 Å². The van der Waals surface area contributed by atoms with Gasteiger partial charge in [-0.3, -0.25) is 9.69 Å². The van der Waals surface area contributed by atoms with Gasteiger partial charge in [0.2, 0.25) is 0 Å². The number of hydrogen-bond donors (Lipinski definition) is 1. The minimum Gasteiger partial charge on any atom is -0.379 e. The molecule has 1 N–H and O–H groups in total. The molecule has 0 bridgehead atoms. The number of morpholine rings is 1. The van der Waals surface area contributed by atoms with Crippen LogP contribution in [0.25, 0.3) is 16.9 Å². The number of hydrogen-bond acceptors (Lipinski definition) is 6. The first-order chi connectivity index (χ1) is 20.7. The number of carbonyl (C=O) groups is 1. The van der Waals surface area contributed by atoms with Crippen molar-refractivity contribution in [1.29, 1.82) is 0 Å². The monoisotopic (exact) mass is 624 g/mol. The van der Waals surface area contributed by atoms with E-state index >= 15 is 0 Å². The van der Waals surface area contributed by atoms with Gasteiger partial charge in [-0.2, -0.15) is 5.10 Å². The van der Waals surface area contributed by atoms with Gasteiger partial charge in [-0.15, -0.1) is 0 Å². The number of nitrogens with zero attached hydrogens (tertiary/aromatic N) is 3. The fourth-order valence-corrected chi connectivity index (χ4v) is 5.42. The van der Waals surface area contributed by atoms with Crippen molar-refractivity contribution >= 4 is 29.1 Å². The molecule has 5 rings (SSSR count). The van der Waals surface area contributed by atoms with Crippen molar-refractivity contribution in [3.05, 3.63) is 69.3 Å². The van der Waals surface area contributed by atoms with Crippen molar-refractivity contribution in [3.63, 3.8) is 0 Å². The molecule has 1 atom stereocenters. The van der Waals surface area contributed by atoms with Crippen LogP contribution in [0.15, 0.2) is 42.5 Å². The minimum absolute atomic E-state index is 0.137. The van der Waals surface area contributed by atoms with Crippen molar-refractivity contribution in [2.24, 2.45) is 0 Å². The summed E-state index contributed by atoms with van der Waals surface area (Å²) in [5.74, 6) is 6.17. The van der Waals surface area contributed by atoms with Crippen LogP contribution in [0.3, 0.4) is 0 Å². The fourth-order valence-electron chi connectivity index (χ4n) is 5.04. The smallest absolute Gasteiger partial charge is 0.272 e. The lowest BCUT2D eigenvalue weighted by Gasteiger charge is -2.24. The van der Waals surface area contributed by atoms with Gasteiger partial charge in [0.05, 0.1) is 42.8 Å². The molecule has 1 amide bonds. The number of carbonyl (C=O) groups excluding carboxylic acids is 1. The highest BCUT2D eigenvalue weighted by Gasteiger charge is 2.29. The van der Waals surface area contributed by atoms with Crippen molar-refractivity contribution in [3.8, 4) is 28.8 Å². The van der Waals surface area contributed by atoms with Gasteiger partial charge in [0, 0.05) is 46.9 Å². The van der Waals surface area contributed by atoms with Crippen LogP contribution in [0.4, 0.5) is 0 Å². The topological polar surface area (TPSA) is 77.9 Å². The molecule has 3 aromatic rings. The molecule has 228 valence electrons. The van der Waals surface area contributed by atoms with Crippen molar-refractivity contribution < 1.29 is 19.0 Å². The molecule has 0 spiro atoms. The number of rotatable bonds is 7. The second kappa shape index (κ2) is 14.3. The molecule has 8 nitrogen and oxygen atoms in total. The predicted octanol–water partition coefficient (Wildman–Crippen LogP) is 6.10. The molecule has 0 radical (unpaired) electrons. The quantitative estimate of drug-likeness (QED) is 0.320. The van der Waals surface area contributed by atoms with Crippen molar-refractivity contribution in [2.75, 3.05) is 39.5 Å². The highest BCUT2D eigenvalue weighted by molar-refractivity contribution is 6.32. The number of nitrogens with one attached hydrogen (secondary N) is 1. The van der Waals surface area contributed by atoms with E-state index in [2.05, 4.69) is 22.1 Å². The third-order valence-corrected chi connectivity index (χ3v) is 7.73. The molecule has 2 aromatic carbocycles. The molecule has 2 aliphatic heterocycles. The first kappa shape index (κ1) is 31.5. The molecular weight excluding hydrogens is 587 g/mol. The lowest BCUT2D eigenvalue weighted by atomic mass is 10.0. The van der Waals surface area contributed by atoms with Gasteiger partial charge in [-0.1, -0.05) is 47.2 Å². The van der Waals surface area contributed by atoms with Gasteiger partial charge >= 0.3 is 0 Å². The van der Waals surface area contributed by atoms with Crippen molar-refractivity contribution in [1.82, 2.24) is 20.0 Å². The Morgan fingerprint density at radius 1 is 1.09 bits per heavy atom. The molecule has 2 fully saturated rings. The standard InChI is InChI=1S/C33H38Cl2N4O4/c1-33(2,3)36-32(40)30-26(22-43-29-8-4-5-18-42-29)31(24-10-12-25(34)13-11-24)39(37-30)28-14-9-23(21-27(28)35)7-6-15-38-16-19-41-20-17-38/h9-14,21,29H,4-5,8,15-20,22H2,1-3H3,(H,36,40). The number of amides is 1. The highest BCUT2D eigenvalue weighted by Crippen LogP contribution is 2.34. The molecule has 2 saturated heterocycles. The molecule has 10 heteroatoms. The second-order valence-corrected chi connectivity index (χ2v) is 12.6. The SMILES string of the molecule is CC(C)(C)NC(=O)c1nn(-c2ccc(C#CCN3CCOCC3)cc2Cl)c(-c2ccc(Cl)cc2)c1COC1CCCCO1. The van der Waals surface area contributed by atoms with Gasteiger partial charge < -0.3 is 19.5 Å². The van der Waals surface area contributed by atoms with E-state index in [1.54, 1.807) is 4.68 Å². The summed E-state index contributed by atoms with van der Waals surface area (Å²) in [4.78, 5) is 15.9. The molecule has 2 aliphatic rings. The third-order valence-electron chi connectivity index (χ3n) is 7.17. The van der Waals surface area contributed by atoms with Crippen LogP contribution in [0.2, 0.25) is 10.0 Å². The average Bonchev–Trinajstić information content (AvgIpc) is 3.36. The van der Waals surface area contributed by atoms with E-state index in [0.29, 0.717) is 40.1 Å². The largest absolute Gasteiger partial charge is 0.379 e. The Bertz CT molecular complexity index is 1480. The third kappa shape index (κ3) is 8.39. The number of ether oxygens (including phenoxy) is 3. The zero-order chi connectivity index (χ0) is 30.4. The fraction of sp³-hybridized carbons (Fsp3) is 0.455. The van der Waals surface area contributed by atoms with Gasteiger partial charge in [-0.25, -0.2) is 4.68 Å². The summed E-state index contributed by atoms with van der Waals surface area (Å²) < 4.78 is 19.2. The lowest BCUT2D eigenvalue weighted by Crippen LogP contribution is -2.41. The molecule has 1 aromatic heterocycles. The number of benzene rings is 2. The van der Waals surface area contributed by atoms with Gasteiger partial charge in [-0.05, 0) is 70.4 Å². The van der Waals surface area contributed by atoms with Crippen LogP contribution in [0.5, 0.6) is 0 Å². The molecule has 1 unspecified atom stereocenters. The predicted molar refractivity (Wildman–Crippen MR) is 169 cm³/mol. The summed E-state index contributed by atoms with van der Waals surface area (Å²) in [6.07, 6.45) is 2.50. The Kier molecular flexibility index (Phi) is 10.5. The number of aromatic nitrogens is 2. The Morgan fingerprint density at radius 2 is 1.86 bits per heavy atom. The summed E-state index contributed by atoms with van der Waals surface area (Å²) in [7, 11) is 0. The van der Waals surface area contributed by atoms with E-state index in [0.717, 1.165) is 56.7 Å². The molecular formula is C33H38Cl2N4O4. The highest BCUT2D eigenvalue weighted by atomic mass is 35.5. The molecule has 0 aliphatic carbocycles. The Labute approximate surface area is 263 Å². The first-order valence-corrected chi connectivity index (χ1v) is 15.5. The summed E-state index contributed by atoms with van der Waals surface area (Å²) in [6, 6.07) is 13.1. The maximum atomic E-state index is 13.6. The zero-order valence-corrected chi connectivity index (χ0v) is 26.4. The lowest BCUT2D eigenvalue weighted by molar-refractivity contribution is -0.168. The van der Waals surface area contributed by atoms with E-state index in [9.17, 15) is 4.79 Å². The Morgan fingerprint density at radius 3 is 2.53 bits per heavy atom. The van der Waals surface area contributed by atoms with Crippen LogP contribution >= 0.6 is 23.2 Å². The van der Waals surface area contributed by atoms with E-state index in [1.807, 2.05) is 63.2 Å². The summed E-state index contributed by atoms with van der Waals surface area (Å²) in [6.45, 7) is 10.5. The molecule has 0 saturated carbocycles. The van der Waals surface area contributed by atoms with Crippen LogP contribution in [0.1, 0.15) is 61.6 Å². The van der Waals surface area contributed by atoms with E-state index in [1.165, 1.54) is 0 Å². The Balaban J connectivity index is 1.54. The molecule has 3 heterocycles. The van der Waals surface area contributed by atoms with Gasteiger partial charge in [0.15, 0.2) is 12.0 Å². The number of halogens is 2. The van der Waals surface area contributed by atoms with Gasteiger partial charge in [0.1, 0.15) is 0 Å². The van der Waals surface area contributed by atoms with E-state index in [4.69, 9.17) is 42.5 Å². The van der Waals surface area contributed by atoms with Crippen LogP contribution in [0, 0.1) is 11.8 Å².